The predicted octanol–water partition coefficient (Wildman–Crippen LogP) is 4.18. The van der Waals surface area contributed by atoms with E-state index in [1.807, 2.05) is 49.1 Å². The van der Waals surface area contributed by atoms with Gasteiger partial charge in [-0.1, -0.05) is 24.3 Å². The third kappa shape index (κ3) is 5.01. The molecule has 0 aliphatic carbocycles. The highest BCUT2D eigenvalue weighted by Crippen LogP contribution is 2.23. The zero-order valence-corrected chi connectivity index (χ0v) is 17.8. The molecule has 1 aliphatic heterocycles. The zero-order chi connectivity index (χ0) is 20.2. The van der Waals surface area contributed by atoms with Crippen LogP contribution in [0.15, 0.2) is 48.5 Å². The first-order chi connectivity index (χ1) is 14.1. The Kier molecular flexibility index (Phi) is 6.23. The first-order valence-electron chi connectivity index (χ1n) is 10.1. The van der Waals surface area contributed by atoms with Crippen molar-refractivity contribution in [3.8, 4) is 0 Å². The van der Waals surface area contributed by atoms with Gasteiger partial charge >= 0.3 is 0 Å². The van der Waals surface area contributed by atoms with Crippen molar-refractivity contribution in [2.45, 2.75) is 33.1 Å². The van der Waals surface area contributed by atoms with E-state index < -0.39 is 0 Å². The van der Waals surface area contributed by atoms with Crippen molar-refractivity contribution in [1.29, 1.82) is 0 Å². The average molecular weight is 410 g/mol. The molecule has 6 heteroatoms. The van der Waals surface area contributed by atoms with Gasteiger partial charge in [0.1, 0.15) is 5.01 Å². The topological polar surface area (TPSA) is 45.7 Å². The van der Waals surface area contributed by atoms with E-state index in [2.05, 4.69) is 23.1 Å². The summed E-state index contributed by atoms with van der Waals surface area (Å²) in [5.41, 5.74) is 2.91. The molecule has 1 fully saturated rings. The number of hydrogen-bond acceptors (Lipinski definition) is 5. The fraction of sp³-hybridized carbons (Fsp3) is 0.391. The van der Waals surface area contributed by atoms with Crippen LogP contribution in [-0.2, 0) is 17.9 Å². The molecule has 152 valence electrons. The molecule has 29 heavy (non-hydrogen) atoms. The number of ether oxygens (including phenoxy) is 1. The molecule has 0 bridgehead atoms. The average Bonchev–Trinajstić information content (AvgIpc) is 3.15. The molecule has 0 radical (unpaired) electrons. The van der Waals surface area contributed by atoms with Crippen LogP contribution in [0.3, 0.4) is 0 Å². The number of benzene rings is 2. The van der Waals surface area contributed by atoms with E-state index in [4.69, 9.17) is 9.72 Å². The quantitative estimate of drug-likeness (QED) is 0.613. The Bertz CT molecular complexity index is 927. The summed E-state index contributed by atoms with van der Waals surface area (Å²) < 4.78 is 6.85. The number of fused-ring (bicyclic) bond motifs is 1. The van der Waals surface area contributed by atoms with Crippen LogP contribution in [0.2, 0.25) is 0 Å². The molecule has 1 amide bonds. The number of aromatic nitrogens is 1. The summed E-state index contributed by atoms with van der Waals surface area (Å²) in [4.78, 5) is 21.9. The van der Waals surface area contributed by atoms with Crippen molar-refractivity contribution in [3.05, 3.63) is 64.7 Å². The highest BCUT2D eigenvalue weighted by Gasteiger charge is 2.22. The molecule has 0 unspecified atom stereocenters. The van der Waals surface area contributed by atoms with E-state index in [1.54, 1.807) is 11.3 Å². The van der Waals surface area contributed by atoms with Crippen LogP contribution in [0, 0.1) is 0 Å². The Hall–Kier alpha value is -2.28. The third-order valence-electron chi connectivity index (χ3n) is 5.14. The molecule has 4 rings (SSSR count). The molecule has 0 N–H and O–H groups in total. The van der Waals surface area contributed by atoms with E-state index in [1.165, 1.54) is 4.70 Å². The van der Waals surface area contributed by atoms with Gasteiger partial charge in [-0.2, -0.15) is 0 Å². The number of carbonyl (C=O) groups is 1. The predicted molar refractivity (Wildman–Crippen MR) is 117 cm³/mol. The SMILES string of the molecule is CC(C)OCc1ccc(C(=O)N2CCN(Cc3nc4ccccc4s3)CC2)cc1. The smallest absolute Gasteiger partial charge is 0.253 e. The van der Waals surface area contributed by atoms with Gasteiger partial charge in [-0.25, -0.2) is 4.98 Å². The molecule has 0 saturated carbocycles. The molecule has 5 nitrogen and oxygen atoms in total. The molecule has 2 aromatic carbocycles. The summed E-state index contributed by atoms with van der Waals surface area (Å²) in [5.74, 6) is 0.112. The van der Waals surface area contributed by atoms with Crippen molar-refractivity contribution in [3.63, 3.8) is 0 Å². The minimum Gasteiger partial charge on any atom is -0.374 e. The molecule has 0 spiro atoms. The molecular formula is C23H27N3O2S. The van der Waals surface area contributed by atoms with E-state index >= 15 is 0 Å². The Balaban J connectivity index is 1.30. The van der Waals surface area contributed by atoms with Crippen LogP contribution in [0.1, 0.15) is 34.8 Å². The second kappa shape index (κ2) is 9.03. The molecular weight excluding hydrogens is 382 g/mol. The Morgan fingerprint density at radius 2 is 1.79 bits per heavy atom. The van der Waals surface area contributed by atoms with Crippen molar-refractivity contribution in [1.82, 2.24) is 14.8 Å². The van der Waals surface area contributed by atoms with Gasteiger partial charge < -0.3 is 9.64 Å². The number of para-hydroxylation sites is 1. The van der Waals surface area contributed by atoms with Crippen molar-refractivity contribution < 1.29 is 9.53 Å². The van der Waals surface area contributed by atoms with Crippen LogP contribution >= 0.6 is 11.3 Å². The van der Waals surface area contributed by atoms with Gasteiger partial charge in [-0.15, -0.1) is 11.3 Å². The van der Waals surface area contributed by atoms with E-state index in [0.717, 1.165) is 54.4 Å². The molecule has 2 heterocycles. The normalized spacial score (nSPS) is 15.3. The summed E-state index contributed by atoms with van der Waals surface area (Å²) in [5, 5.41) is 1.14. The van der Waals surface area contributed by atoms with Crippen LogP contribution in [0.5, 0.6) is 0 Å². The Labute approximate surface area is 175 Å². The number of hydrogen-bond donors (Lipinski definition) is 0. The Morgan fingerprint density at radius 1 is 1.07 bits per heavy atom. The van der Waals surface area contributed by atoms with Crippen LogP contribution in [0.25, 0.3) is 10.2 Å². The largest absolute Gasteiger partial charge is 0.374 e. The molecule has 3 aromatic rings. The van der Waals surface area contributed by atoms with Gasteiger partial charge in [0.2, 0.25) is 0 Å². The first-order valence-corrected chi connectivity index (χ1v) is 11.0. The number of nitrogens with zero attached hydrogens (tertiary/aromatic N) is 3. The summed E-state index contributed by atoms with van der Waals surface area (Å²) in [6.07, 6.45) is 0.204. The van der Waals surface area contributed by atoms with Crippen LogP contribution in [-0.4, -0.2) is 53.0 Å². The van der Waals surface area contributed by atoms with Crippen LogP contribution in [0.4, 0.5) is 0 Å². The fourth-order valence-electron chi connectivity index (χ4n) is 3.48. The van der Waals surface area contributed by atoms with Gasteiger partial charge in [0, 0.05) is 31.7 Å². The summed E-state index contributed by atoms with van der Waals surface area (Å²) in [6.45, 7) is 8.74. The lowest BCUT2D eigenvalue weighted by Gasteiger charge is -2.34. The molecule has 0 atom stereocenters. The third-order valence-corrected chi connectivity index (χ3v) is 6.16. The lowest BCUT2D eigenvalue weighted by Crippen LogP contribution is -2.48. The standard InChI is InChI=1S/C23H27N3O2S/c1-17(2)28-16-18-7-9-19(10-8-18)23(27)26-13-11-25(12-14-26)15-22-24-20-5-3-4-6-21(20)29-22/h3-10,17H,11-16H2,1-2H3. The van der Waals surface area contributed by atoms with Gasteiger partial charge in [0.15, 0.2) is 0 Å². The number of carbonyl (C=O) groups excluding carboxylic acids is 1. The summed E-state index contributed by atoms with van der Waals surface area (Å²) >= 11 is 1.76. The van der Waals surface area contributed by atoms with E-state index in [9.17, 15) is 4.79 Å². The van der Waals surface area contributed by atoms with E-state index in [0.29, 0.717) is 6.61 Å². The minimum atomic E-state index is 0.112. The van der Waals surface area contributed by atoms with Gasteiger partial charge in [-0.3, -0.25) is 9.69 Å². The van der Waals surface area contributed by atoms with Gasteiger partial charge in [0.25, 0.3) is 5.91 Å². The van der Waals surface area contributed by atoms with Gasteiger partial charge in [0.05, 0.1) is 29.5 Å². The highest BCUT2D eigenvalue weighted by molar-refractivity contribution is 7.18. The van der Waals surface area contributed by atoms with Gasteiger partial charge in [-0.05, 0) is 43.7 Å². The Morgan fingerprint density at radius 3 is 2.48 bits per heavy atom. The first kappa shape index (κ1) is 20.0. The second-order valence-corrected chi connectivity index (χ2v) is 8.82. The molecule has 1 aromatic heterocycles. The fourth-order valence-corrected chi connectivity index (χ4v) is 4.49. The number of rotatable bonds is 6. The maximum atomic E-state index is 12.8. The monoisotopic (exact) mass is 409 g/mol. The lowest BCUT2D eigenvalue weighted by atomic mass is 10.1. The summed E-state index contributed by atoms with van der Waals surface area (Å²) in [6, 6.07) is 16.1. The van der Waals surface area contributed by atoms with Crippen molar-refractivity contribution in [2.24, 2.45) is 0 Å². The number of piperazine rings is 1. The molecule has 1 aliphatic rings. The maximum Gasteiger partial charge on any atom is 0.253 e. The minimum absolute atomic E-state index is 0.112. The maximum absolute atomic E-state index is 12.8. The number of amides is 1. The van der Waals surface area contributed by atoms with E-state index in [-0.39, 0.29) is 12.0 Å². The number of thiazole rings is 1. The van der Waals surface area contributed by atoms with Crippen LogP contribution < -0.4 is 0 Å². The zero-order valence-electron chi connectivity index (χ0n) is 17.0. The summed E-state index contributed by atoms with van der Waals surface area (Å²) in [7, 11) is 0. The van der Waals surface area contributed by atoms with Crippen molar-refractivity contribution >= 4 is 27.5 Å². The van der Waals surface area contributed by atoms with Crippen molar-refractivity contribution in [2.75, 3.05) is 26.2 Å². The second-order valence-electron chi connectivity index (χ2n) is 7.70. The lowest BCUT2D eigenvalue weighted by molar-refractivity contribution is 0.0624. The molecule has 1 saturated heterocycles. The highest BCUT2D eigenvalue weighted by atomic mass is 32.1.